The number of imidazole rings is 1. The van der Waals surface area contributed by atoms with Crippen molar-refractivity contribution in [2.24, 2.45) is 0 Å². The van der Waals surface area contributed by atoms with Gasteiger partial charge in [-0.2, -0.15) is 0 Å². The third-order valence-electron chi connectivity index (χ3n) is 4.23. The Morgan fingerprint density at radius 2 is 2.24 bits per heavy atom. The largest absolute Gasteiger partial charge is 0.361 e. The third-order valence-corrected chi connectivity index (χ3v) is 4.23. The number of para-hydroxylation sites is 1. The molecule has 1 N–H and O–H groups in total. The first kappa shape index (κ1) is 12.2. The molecular formula is C16H16N4O. The molecule has 1 saturated heterocycles. The fourth-order valence-electron chi connectivity index (χ4n) is 3.11. The number of aromatic nitrogens is 3. The van der Waals surface area contributed by atoms with Crippen molar-refractivity contribution in [2.75, 3.05) is 13.6 Å². The molecular weight excluding hydrogens is 264 g/mol. The van der Waals surface area contributed by atoms with Gasteiger partial charge in [0, 0.05) is 43.1 Å². The van der Waals surface area contributed by atoms with Crippen molar-refractivity contribution in [1.29, 1.82) is 0 Å². The zero-order chi connectivity index (χ0) is 14.4. The first-order valence-corrected chi connectivity index (χ1v) is 7.10. The average molecular weight is 280 g/mol. The standard InChI is InChI=1S/C16H16N4O/c1-19-9-6-13(16(19)21)20-10-8-18-15(20)12-4-2-3-11-5-7-17-14(11)12/h2-5,7-8,10,13,17H,6,9H2,1H3. The van der Waals surface area contributed by atoms with Gasteiger partial charge in [0.2, 0.25) is 5.91 Å². The molecule has 106 valence electrons. The lowest BCUT2D eigenvalue weighted by molar-refractivity contribution is -0.129. The van der Waals surface area contributed by atoms with Crippen molar-refractivity contribution in [3.63, 3.8) is 0 Å². The summed E-state index contributed by atoms with van der Waals surface area (Å²) in [7, 11) is 1.85. The molecule has 5 nitrogen and oxygen atoms in total. The molecule has 0 aliphatic carbocycles. The van der Waals surface area contributed by atoms with Crippen LogP contribution < -0.4 is 0 Å². The van der Waals surface area contributed by atoms with Crippen LogP contribution in [0.25, 0.3) is 22.3 Å². The summed E-state index contributed by atoms with van der Waals surface area (Å²) in [6, 6.07) is 8.03. The van der Waals surface area contributed by atoms with Gasteiger partial charge in [-0.05, 0) is 18.6 Å². The Kier molecular flexibility index (Phi) is 2.60. The van der Waals surface area contributed by atoms with Crippen LogP contribution in [0.3, 0.4) is 0 Å². The number of carbonyl (C=O) groups excluding carboxylic acids is 1. The Morgan fingerprint density at radius 3 is 3.05 bits per heavy atom. The number of H-pyrrole nitrogens is 1. The van der Waals surface area contributed by atoms with E-state index in [1.807, 2.05) is 42.2 Å². The maximum Gasteiger partial charge on any atom is 0.245 e. The van der Waals surface area contributed by atoms with E-state index in [2.05, 4.69) is 16.0 Å². The number of hydrogen-bond donors (Lipinski definition) is 1. The van der Waals surface area contributed by atoms with Gasteiger partial charge < -0.3 is 14.5 Å². The number of fused-ring (bicyclic) bond motifs is 1. The van der Waals surface area contributed by atoms with Gasteiger partial charge in [0.05, 0.1) is 5.52 Å². The molecule has 0 saturated carbocycles. The molecule has 0 bridgehead atoms. The lowest BCUT2D eigenvalue weighted by Gasteiger charge is -2.15. The first-order chi connectivity index (χ1) is 10.3. The number of likely N-dealkylation sites (tertiary alicyclic amines) is 1. The van der Waals surface area contributed by atoms with Crippen molar-refractivity contribution in [1.82, 2.24) is 19.4 Å². The summed E-state index contributed by atoms with van der Waals surface area (Å²) in [6.07, 6.45) is 6.43. The van der Waals surface area contributed by atoms with Crippen LogP contribution in [0.5, 0.6) is 0 Å². The number of likely N-dealkylation sites (N-methyl/N-ethyl adjacent to an activating group) is 1. The van der Waals surface area contributed by atoms with Gasteiger partial charge in [0.15, 0.2) is 0 Å². The van der Waals surface area contributed by atoms with Gasteiger partial charge in [-0.15, -0.1) is 0 Å². The summed E-state index contributed by atoms with van der Waals surface area (Å²) in [6.45, 7) is 0.799. The first-order valence-electron chi connectivity index (χ1n) is 7.10. The maximum absolute atomic E-state index is 12.3. The van der Waals surface area contributed by atoms with E-state index in [4.69, 9.17) is 0 Å². The molecule has 1 unspecified atom stereocenters. The van der Waals surface area contributed by atoms with Gasteiger partial charge in [-0.1, -0.05) is 12.1 Å². The average Bonchev–Trinajstić information content (AvgIpc) is 3.20. The van der Waals surface area contributed by atoms with Crippen LogP contribution in [0.1, 0.15) is 12.5 Å². The quantitative estimate of drug-likeness (QED) is 0.784. The molecule has 1 fully saturated rings. The number of benzene rings is 1. The number of amides is 1. The Morgan fingerprint density at radius 1 is 1.33 bits per heavy atom. The Hall–Kier alpha value is -2.56. The van der Waals surface area contributed by atoms with E-state index in [1.165, 1.54) is 0 Å². The van der Waals surface area contributed by atoms with E-state index >= 15 is 0 Å². The highest BCUT2D eigenvalue weighted by molar-refractivity contribution is 5.93. The molecule has 3 heterocycles. The predicted octanol–water partition coefficient (Wildman–Crippen LogP) is 2.43. The minimum Gasteiger partial charge on any atom is -0.361 e. The fraction of sp³-hybridized carbons (Fsp3) is 0.250. The SMILES string of the molecule is CN1CCC(n2ccnc2-c2cccc3cc[nH]c23)C1=O. The monoisotopic (exact) mass is 280 g/mol. The van der Waals surface area contributed by atoms with E-state index in [0.717, 1.165) is 35.3 Å². The zero-order valence-corrected chi connectivity index (χ0v) is 11.8. The summed E-state index contributed by atoms with van der Waals surface area (Å²) in [4.78, 5) is 21.8. The van der Waals surface area contributed by atoms with E-state index in [0.29, 0.717) is 0 Å². The van der Waals surface area contributed by atoms with Crippen LogP contribution >= 0.6 is 0 Å². The molecule has 1 atom stereocenters. The van der Waals surface area contributed by atoms with E-state index in [9.17, 15) is 4.79 Å². The van der Waals surface area contributed by atoms with Crippen LogP contribution in [0.15, 0.2) is 42.9 Å². The predicted molar refractivity (Wildman–Crippen MR) is 80.8 cm³/mol. The molecule has 1 aliphatic heterocycles. The molecule has 4 rings (SSSR count). The van der Waals surface area contributed by atoms with E-state index in [1.54, 1.807) is 11.1 Å². The Labute approximate surface area is 122 Å². The highest BCUT2D eigenvalue weighted by atomic mass is 16.2. The summed E-state index contributed by atoms with van der Waals surface area (Å²) in [5, 5.41) is 1.15. The highest BCUT2D eigenvalue weighted by Crippen LogP contribution is 2.31. The van der Waals surface area contributed by atoms with Crippen molar-refractivity contribution in [3.05, 3.63) is 42.9 Å². The molecule has 5 heteroatoms. The minimum absolute atomic E-state index is 0.141. The van der Waals surface area contributed by atoms with Gasteiger partial charge in [0.25, 0.3) is 0 Å². The van der Waals surface area contributed by atoms with Crippen molar-refractivity contribution in [2.45, 2.75) is 12.5 Å². The van der Waals surface area contributed by atoms with E-state index < -0.39 is 0 Å². The second-order valence-corrected chi connectivity index (χ2v) is 5.47. The Bertz CT molecular complexity index is 816. The summed E-state index contributed by atoms with van der Waals surface area (Å²) >= 11 is 0. The smallest absolute Gasteiger partial charge is 0.245 e. The fourth-order valence-corrected chi connectivity index (χ4v) is 3.11. The number of nitrogens with one attached hydrogen (secondary N) is 1. The van der Waals surface area contributed by atoms with Gasteiger partial charge in [0.1, 0.15) is 11.9 Å². The molecule has 3 aromatic rings. The van der Waals surface area contributed by atoms with Crippen LogP contribution in [0.2, 0.25) is 0 Å². The number of rotatable bonds is 2. The van der Waals surface area contributed by atoms with Crippen molar-refractivity contribution in [3.8, 4) is 11.4 Å². The molecule has 1 aromatic carbocycles. The molecule has 0 radical (unpaired) electrons. The number of aromatic amines is 1. The van der Waals surface area contributed by atoms with Crippen LogP contribution in [0.4, 0.5) is 0 Å². The number of hydrogen-bond acceptors (Lipinski definition) is 2. The topological polar surface area (TPSA) is 53.9 Å². The zero-order valence-electron chi connectivity index (χ0n) is 11.8. The summed E-state index contributed by atoms with van der Waals surface area (Å²) < 4.78 is 2.00. The van der Waals surface area contributed by atoms with Crippen molar-refractivity contribution < 1.29 is 4.79 Å². The Balaban J connectivity index is 1.86. The van der Waals surface area contributed by atoms with Gasteiger partial charge in [-0.3, -0.25) is 4.79 Å². The number of nitrogens with zero attached hydrogens (tertiary/aromatic N) is 3. The van der Waals surface area contributed by atoms with Gasteiger partial charge >= 0.3 is 0 Å². The van der Waals surface area contributed by atoms with E-state index in [-0.39, 0.29) is 11.9 Å². The molecule has 2 aromatic heterocycles. The highest BCUT2D eigenvalue weighted by Gasteiger charge is 2.32. The normalized spacial score (nSPS) is 18.8. The lowest BCUT2D eigenvalue weighted by atomic mass is 10.1. The van der Waals surface area contributed by atoms with Gasteiger partial charge in [-0.25, -0.2) is 4.98 Å². The molecule has 21 heavy (non-hydrogen) atoms. The second-order valence-electron chi connectivity index (χ2n) is 5.47. The minimum atomic E-state index is -0.141. The van der Waals surface area contributed by atoms with Crippen molar-refractivity contribution >= 4 is 16.8 Å². The molecule has 0 spiro atoms. The van der Waals surface area contributed by atoms with Crippen LogP contribution in [-0.4, -0.2) is 38.9 Å². The summed E-state index contributed by atoms with van der Waals surface area (Å²) in [5.74, 6) is 1.00. The third kappa shape index (κ3) is 1.77. The maximum atomic E-state index is 12.3. The lowest BCUT2D eigenvalue weighted by Crippen LogP contribution is -2.24. The molecule has 1 amide bonds. The molecule has 1 aliphatic rings. The number of carbonyl (C=O) groups is 1. The van der Waals surface area contributed by atoms with Crippen LogP contribution in [0, 0.1) is 0 Å². The summed E-state index contributed by atoms with van der Waals surface area (Å²) in [5.41, 5.74) is 2.09. The second kappa shape index (κ2) is 4.48. The van der Waals surface area contributed by atoms with Crippen LogP contribution in [-0.2, 0) is 4.79 Å².